The Hall–Kier alpha value is -2.52. The molecule has 22 heavy (non-hydrogen) atoms. The van der Waals surface area contributed by atoms with Crippen LogP contribution in [0.1, 0.15) is 5.56 Å². The number of aryl methyl sites for hydroxylation is 1. The van der Waals surface area contributed by atoms with E-state index in [9.17, 15) is 4.79 Å². The summed E-state index contributed by atoms with van der Waals surface area (Å²) in [6, 6.07) is 9.66. The van der Waals surface area contributed by atoms with Crippen molar-refractivity contribution in [1.29, 1.82) is 0 Å². The minimum Gasteiger partial charge on any atom is -0.338 e. The van der Waals surface area contributed by atoms with E-state index in [0.717, 1.165) is 27.5 Å². The molecule has 1 atom stereocenters. The lowest BCUT2D eigenvalue weighted by Crippen LogP contribution is -2.17. The number of imidazole rings is 1. The molecule has 0 aliphatic rings. The van der Waals surface area contributed by atoms with Gasteiger partial charge in [-0.3, -0.25) is 14.1 Å². The van der Waals surface area contributed by atoms with Crippen molar-refractivity contribution < 1.29 is 0 Å². The number of hydrogen-bond donors (Lipinski definition) is 1. The molecule has 108 valence electrons. The second-order valence-electron chi connectivity index (χ2n) is 5.17. The van der Waals surface area contributed by atoms with Gasteiger partial charge < -0.3 is 4.98 Å². The molecule has 3 heterocycles. The normalized spacial score (nSPS) is 11.4. The summed E-state index contributed by atoms with van der Waals surface area (Å²) < 4.78 is 1.54. The third-order valence-corrected chi connectivity index (χ3v) is 4.41. The summed E-state index contributed by atoms with van der Waals surface area (Å²) in [4.78, 5) is 24.6. The number of fused-ring (bicyclic) bond motifs is 2. The highest BCUT2D eigenvalue weighted by atomic mass is 31.0. The topological polar surface area (TPSA) is 63.6 Å². The number of para-hydroxylation sites is 2. The van der Waals surface area contributed by atoms with E-state index in [0.29, 0.717) is 11.4 Å². The van der Waals surface area contributed by atoms with Crippen LogP contribution in [0.5, 0.6) is 0 Å². The van der Waals surface area contributed by atoms with E-state index in [4.69, 9.17) is 0 Å². The van der Waals surface area contributed by atoms with Gasteiger partial charge in [-0.15, -0.1) is 0 Å². The number of aromatic nitrogens is 4. The molecule has 0 spiro atoms. The number of hydrogen-bond acceptors (Lipinski definition) is 3. The van der Waals surface area contributed by atoms with Crippen LogP contribution in [0.15, 0.2) is 47.5 Å². The minimum atomic E-state index is -0.109. The molecule has 0 amide bonds. The zero-order valence-corrected chi connectivity index (χ0v) is 13.0. The van der Waals surface area contributed by atoms with Crippen LogP contribution in [0.2, 0.25) is 0 Å². The van der Waals surface area contributed by atoms with E-state index in [1.54, 1.807) is 12.4 Å². The Bertz CT molecular complexity index is 1050. The maximum atomic E-state index is 12.7. The number of rotatable bonds is 1. The quantitative estimate of drug-likeness (QED) is 0.550. The molecule has 1 aromatic carbocycles. The van der Waals surface area contributed by atoms with E-state index in [1.165, 1.54) is 4.34 Å². The van der Waals surface area contributed by atoms with Gasteiger partial charge in [0.15, 0.2) is 0 Å². The molecule has 0 radical (unpaired) electrons. The fourth-order valence-electron chi connectivity index (χ4n) is 2.77. The average Bonchev–Trinajstić information content (AvgIpc) is 2.96. The number of aromatic amines is 1. The van der Waals surface area contributed by atoms with Gasteiger partial charge in [0.25, 0.3) is 5.56 Å². The van der Waals surface area contributed by atoms with E-state index in [2.05, 4.69) is 24.3 Å². The Balaban J connectivity index is 2.12. The van der Waals surface area contributed by atoms with Gasteiger partial charge >= 0.3 is 0 Å². The van der Waals surface area contributed by atoms with Gasteiger partial charge in [-0.1, -0.05) is 12.1 Å². The van der Waals surface area contributed by atoms with Crippen molar-refractivity contribution in [2.45, 2.75) is 6.92 Å². The molecule has 5 nitrogen and oxygen atoms in total. The Morgan fingerprint density at radius 2 is 2.05 bits per heavy atom. The summed E-state index contributed by atoms with van der Waals surface area (Å²) in [5, 5.41) is 0.986. The van der Waals surface area contributed by atoms with Crippen molar-refractivity contribution in [3.63, 3.8) is 0 Å². The smallest absolute Gasteiger partial charge is 0.265 e. The maximum absolute atomic E-state index is 12.7. The van der Waals surface area contributed by atoms with Gasteiger partial charge in [0.1, 0.15) is 5.82 Å². The molecule has 1 N–H and O–H groups in total. The lowest BCUT2D eigenvalue weighted by molar-refractivity contribution is 1.16. The van der Waals surface area contributed by atoms with Crippen LogP contribution in [0.25, 0.3) is 33.3 Å². The van der Waals surface area contributed by atoms with Gasteiger partial charge in [0.2, 0.25) is 0 Å². The standard InChI is InChI=1S/C16H13N4OP/c1-9-10-6-7-17-8-13(10)20(22)16(21)14(9)15-18-11-4-2-3-5-12(11)19-15/h2-8H,22H2,1H3,(H,18,19). The average molecular weight is 308 g/mol. The molecule has 0 bridgehead atoms. The fourth-order valence-corrected chi connectivity index (χ4v) is 3.11. The zero-order chi connectivity index (χ0) is 15.3. The fraction of sp³-hybridized carbons (Fsp3) is 0.0625. The zero-order valence-electron chi connectivity index (χ0n) is 11.9. The Labute approximate surface area is 128 Å². The van der Waals surface area contributed by atoms with Crippen LogP contribution in [0.4, 0.5) is 0 Å². The summed E-state index contributed by atoms with van der Waals surface area (Å²) >= 11 is 0. The lowest BCUT2D eigenvalue weighted by atomic mass is 10.1. The van der Waals surface area contributed by atoms with Crippen molar-refractivity contribution in [1.82, 2.24) is 19.3 Å². The van der Waals surface area contributed by atoms with Crippen molar-refractivity contribution >= 4 is 31.3 Å². The first-order valence-corrected chi connectivity index (χ1v) is 7.38. The third kappa shape index (κ3) is 1.79. The summed E-state index contributed by atoms with van der Waals surface area (Å²) in [5.41, 5.74) is 3.94. The minimum absolute atomic E-state index is 0.109. The predicted octanol–water partition coefficient (Wildman–Crippen LogP) is 2.89. The molecule has 4 aromatic rings. The molecule has 1 unspecified atom stereocenters. The monoisotopic (exact) mass is 308 g/mol. The highest BCUT2D eigenvalue weighted by molar-refractivity contribution is 7.14. The molecule has 0 saturated heterocycles. The Morgan fingerprint density at radius 3 is 2.86 bits per heavy atom. The highest BCUT2D eigenvalue weighted by Crippen LogP contribution is 2.26. The largest absolute Gasteiger partial charge is 0.338 e. The first-order valence-electron chi connectivity index (χ1n) is 6.86. The van der Waals surface area contributed by atoms with Crippen molar-refractivity contribution in [2.75, 3.05) is 0 Å². The van der Waals surface area contributed by atoms with Crippen LogP contribution >= 0.6 is 9.39 Å². The Morgan fingerprint density at radius 1 is 1.23 bits per heavy atom. The van der Waals surface area contributed by atoms with Gasteiger partial charge in [0, 0.05) is 11.6 Å². The summed E-state index contributed by atoms with van der Waals surface area (Å²) in [6.07, 6.45) is 3.42. The molecule has 3 aromatic heterocycles. The number of pyridine rings is 2. The van der Waals surface area contributed by atoms with Crippen molar-refractivity contribution in [3.8, 4) is 11.4 Å². The predicted molar refractivity (Wildman–Crippen MR) is 90.9 cm³/mol. The molecule has 4 rings (SSSR count). The van der Waals surface area contributed by atoms with Crippen LogP contribution in [-0.4, -0.2) is 19.3 Å². The van der Waals surface area contributed by atoms with Gasteiger partial charge in [-0.05, 0) is 40.1 Å². The van der Waals surface area contributed by atoms with Crippen LogP contribution < -0.4 is 5.56 Å². The number of nitrogens with one attached hydrogen (secondary N) is 1. The first kappa shape index (κ1) is 13.2. The number of nitrogens with zero attached hydrogens (tertiary/aromatic N) is 3. The second kappa shape index (κ2) is 4.75. The van der Waals surface area contributed by atoms with Crippen LogP contribution in [-0.2, 0) is 0 Å². The number of H-pyrrole nitrogens is 1. The van der Waals surface area contributed by atoms with E-state index >= 15 is 0 Å². The highest BCUT2D eigenvalue weighted by Gasteiger charge is 2.16. The molecular weight excluding hydrogens is 295 g/mol. The van der Waals surface area contributed by atoms with Crippen LogP contribution in [0.3, 0.4) is 0 Å². The molecule has 0 aliphatic heterocycles. The van der Waals surface area contributed by atoms with E-state index in [-0.39, 0.29) is 5.56 Å². The van der Waals surface area contributed by atoms with E-state index in [1.807, 2.05) is 37.3 Å². The molecule has 0 fully saturated rings. The molecular formula is C16H13N4OP. The van der Waals surface area contributed by atoms with Crippen LogP contribution in [0, 0.1) is 6.92 Å². The maximum Gasteiger partial charge on any atom is 0.265 e. The molecule has 0 saturated carbocycles. The first-order chi connectivity index (χ1) is 10.7. The number of benzene rings is 1. The van der Waals surface area contributed by atoms with Crippen molar-refractivity contribution in [3.05, 3.63) is 58.6 Å². The van der Waals surface area contributed by atoms with Gasteiger partial charge in [0.05, 0.1) is 28.3 Å². The Kier molecular flexibility index (Phi) is 2.84. The third-order valence-electron chi connectivity index (χ3n) is 3.90. The van der Waals surface area contributed by atoms with Gasteiger partial charge in [-0.2, -0.15) is 0 Å². The summed E-state index contributed by atoms with van der Waals surface area (Å²) in [7, 11) is 2.46. The second-order valence-corrected chi connectivity index (χ2v) is 5.69. The van der Waals surface area contributed by atoms with E-state index < -0.39 is 0 Å². The SMILES string of the molecule is Cc1c(-c2nc3ccccc3[nH]2)c(=O)n(P)c2cnccc12. The molecule has 6 heteroatoms. The summed E-state index contributed by atoms with van der Waals surface area (Å²) in [6.45, 7) is 1.94. The van der Waals surface area contributed by atoms with Crippen molar-refractivity contribution in [2.24, 2.45) is 0 Å². The van der Waals surface area contributed by atoms with Gasteiger partial charge in [-0.25, -0.2) is 4.98 Å². The lowest BCUT2D eigenvalue weighted by Gasteiger charge is -2.10. The molecule has 0 aliphatic carbocycles. The summed E-state index contributed by atoms with van der Waals surface area (Å²) in [5.74, 6) is 0.596.